The number of anilines is 2. The van der Waals surface area contributed by atoms with Gasteiger partial charge in [-0.15, -0.1) is 0 Å². The molecule has 0 spiro atoms. The zero-order chi connectivity index (χ0) is 14.4. The molecule has 2 N–H and O–H groups in total. The van der Waals surface area contributed by atoms with Gasteiger partial charge < -0.3 is 15.4 Å². The number of nitrogens with zero attached hydrogens (tertiary/aromatic N) is 3. The fraction of sp³-hybridized carbons (Fsp3) is 0.333. The molecule has 0 atom stereocenters. The van der Waals surface area contributed by atoms with Crippen molar-refractivity contribution in [3.63, 3.8) is 0 Å². The lowest BCUT2D eigenvalue weighted by Crippen LogP contribution is -2.28. The lowest BCUT2D eigenvalue weighted by atomic mass is 10.1. The van der Waals surface area contributed by atoms with Crippen LogP contribution in [0.1, 0.15) is 6.42 Å². The minimum atomic E-state index is 0.468. The Bertz CT molecular complexity index is 621. The smallest absolute Gasteiger partial charge is 0.0640 e. The summed E-state index contributed by atoms with van der Waals surface area (Å²) in [4.78, 5) is 6.31. The molecule has 0 radical (unpaired) electrons. The van der Waals surface area contributed by atoms with E-state index in [1.165, 1.54) is 0 Å². The van der Waals surface area contributed by atoms with E-state index < -0.39 is 0 Å². The Morgan fingerprint density at radius 3 is 2.90 bits per heavy atom. The van der Waals surface area contributed by atoms with Crippen LogP contribution in [0.4, 0.5) is 11.4 Å². The van der Waals surface area contributed by atoms with Gasteiger partial charge in [-0.05, 0) is 18.2 Å². The van der Waals surface area contributed by atoms with Crippen molar-refractivity contribution in [1.82, 2.24) is 4.98 Å². The van der Waals surface area contributed by atoms with E-state index in [1.54, 1.807) is 13.3 Å². The number of pyridine rings is 1. The first kappa shape index (κ1) is 14.1. The summed E-state index contributed by atoms with van der Waals surface area (Å²) in [6, 6.07) is 7.96. The number of nitrogens with two attached hydrogens (primary N) is 1. The van der Waals surface area contributed by atoms with Gasteiger partial charge in [0.25, 0.3) is 0 Å². The Hall–Kier alpha value is -2.32. The number of nitrogen functional groups attached to an aromatic ring is 1. The molecule has 0 saturated heterocycles. The van der Waals surface area contributed by atoms with Crippen molar-refractivity contribution in [2.75, 3.05) is 37.4 Å². The van der Waals surface area contributed by atoms with Crippen LogP contribution in [0.2, 0.25) is 0 Å². The second-order valence-corrected chi connectivity index (χ2v) is 4.48. The zero-order valence-corrected chi connectivity index (χ0v) is 11.5. The Labute approximate surface area is 118 Å². The van der Waals surface area contributed by atoms with Crippen LogP contribution in [-0.2, 0) is 4.74 Å². The number of nitriles is 1. The molecule has 0 saturated carbocycles. The van der Waals surface area contributed by atoms with E-state index in [4.69, 9.17) is 15.7 Å². The van der Waals surface area contributed by atoms with Gasteiger partial charge in [-0.3, -0.25) is 4.98 Å². The van der Waals surface area contributed by atoms with Crippen LogP contribution >= 0.6 is 0 Å². The lowest BCUT2D eigenvalue weighted by molar-refractivity contribution is 0.205. The highest BCUT2D eigenvalue weighted by Crippen LogP contribution is 2.30. The number of aromatic nitrogens is 1. The zero-order valence-electron chi connectivity index (χ0n) is 11.5. The van der Waals surface area contributed by atoms with Crippen molar-refractivity contribution in [2.24, 2.45) is 0 Å². The molecule has 1 aromatic carbocycles. The molecule has 20 heavy (non-hydrogen) atoms. The Morgan fingerprint density at radius 1 is 1.30 bits per heavy atom. The third kappa shape index (κ3) is 2.98. The summed E-state index contributed by atoms with van der Waals surface area (Å²) >= 11 is 0. The normalized spacial score (nSPS) is 10.4. The van der Waals surface area contributed by atoms with Crippen LogP contribution in [0.3, 0.4) is 0 Å². The minimum Gasteiger partial charge on any atom is -0.398 e. The van der Waals surface area contributed by atoms with E-state index in [-0.39, 0.29) is 0 Å². The summed E-state index contributed by atoms with van der Waals surface area (Å²) in [5, 5.41) is 10.8. The van der Waals surface area contributed by atoms with Gasteiger partial charge in [0.05, 0.1) is 19.1 Å². The van der Waals surface area contributed by atoms with Crippen molar-refractivity contribution >= 4 is 22.1 Å². The van der Waals surface area contributed by atoms with Gasteiger partial charge in [0.15, 0.2) is 0 Å². The molecule has 0 aliphatic rings. The van der Waals surface area contributed by atoms with E-state index in [9.17, 15) is 0 Å². The monoisotopic (exact) mass is 270 g/mol. The Morgan fingerprint density at radius 2 is 2.15 bits per heavy atom. The first-order chi connectivity index (χ1) is 9.77. The van der Waals surface area contributed by atoms with E-state index >= 15 is 0 Å². The standard InChI is InChI=1S/C15H18N4O/c1-20-10-9-19(8-2-6-16)15-4-3-14(17)12-5-7-18-11-13(12)15/h3-5,7,11H,2,8-10,17H2,1H3. The highest BCUT2D eigenvalue weighted by molar-refractivity contribution is 6.00. The highest BCUT2D eigenvalue weighted by Gasteiger charge is 2.11. The average molecular weight is 270 g/mol. The quantitative estimate of drug-likeness (QED) is 0.814. The summed E-state index contributed by atoms with van der Waals surface area (Å²) in [6.45, 7) is 2.00. The molecule has 0 aliphatic carbocycles. The largest absolute Gasteiger partial charge is 0.398 e. The number of hydrogen-bond acceptors (Lipinski definition) is 5. The predicted octanol–water partition coefficient (Wildman–Crippen LogP) is 2.18. The number of benzene rings is 1. The molecule has 1 heterocycles. The summed E-state index contributed by atoms with van der Waals surface area (Å²) in [7, 11) is 1.67. The molecule has 104 valence electrons. The molecule has 1 aromatic heterocycles. The molecule has 5 nitrogen and oxygen atoms in total. The SMILES string of the molecule is COCCN(CCC#N)c1ccc(N)c2ccncc12. The van der Waals surface area contributed by atoms with Crippen LogP contribution in [0.5, 0.6) is 0 Å². The molecule has 0 fully saturated rings. The third-order valence-electron chi connectivity index (χ3n) is 3.23. The number of hydrogen-bond donors (Lipinski definition) is 1. The summed E-state index contributed by atoms with van der Waals surface area (Å²) in [5.41, 5.74) is 7.77. The van der Waals surface area contributed by atoms with Crippen LogP contribution in [0.25, 0.3) is 10.8 Å². The molecule has 0 aliphatic heterocycles. The minimum absolute atomic E-state index is 0.468. The van der Waals surface area contributed by atoms with Crippen molar-refractivity contribution in [3.8, 4) is 6.07 Å². The molecule has 2 rings (SSSR count). The molecule has 5 heteroatoms. The molecule has 0 unspecified atom stereocenters. The average Bonchev–Trinajstić information content (AvgIpc) is 2.49. The topological polar surface area (TPSA) is 75.2 Å². The first-order valence-corrected chi connectivity index (χ1v) is 6.51. The van der Waals surface area contributed by atoms with Crippen LogP contribution < -0.4 is 10.6 Å². The highest BCUT2D eigenvalue weighted by atomic mass is 16.5. The Kier molecular flexibility index (Phi) is 4.75. The second-order valence-electron chi connectivity index (χ2n) is 4.48. The first-order valence-electron chi connectivity index (χ1n) is 6.51. The fourth-order valence-corrected chi connectivity index (χ4v) is 2.21. The van der Waals surface area contributed by atoms with Gasteiger partial charge in [-0.1, -0.05) is 0 Å². The number of methoxy groups -OCH3 is 1. The number of fused-ring (bicyclic) bond motifs is 1. The molecule has 0 bridgehead atoms. The van der Waals surface area contributed by atoms with Crippen LogP contribution in [0.15, 0.2) is 30.6 Å². The van der Waals surface area contributed by atoms with E-state index in [0.717, 1.165) is 28.7 Å². The van der Waals surface area contributed by atoms with Gasteiger partial charge in [0, 0.05) is 54.7 Å². The number of ether oxygens (including phenoxy) is 1. The summed E-state index contributed by atoms with van der Waals surface area (Å²) < 4.78 is 5.14. The van der Waals surface area contributed by atoms with Gasteiger partial charge in [0.2, 0.25) is 0 Å². The van der Waals surface area contributed by atoms with E-state index in [1.807, 2.05) is 24.4 Å². The van der Waals surface area contributed by atoms with Crippen molar-refractivity contribution in [2.45, 2.75) is 6.42 Å². The Balaban J connectivity index is 2.42. The van der Waals surface area contributed by atoms with Crippen LogP contribution in [0, 0.1) is 11.3 Å². The molecule has 0 amide bonds. The van der Waals surface area contributed by atoms with Crippen LogP contribution in [-0.4, -0.2) is 31.8 Å². The summed E-state index contributed by atoms with van der Waals surface area (Å²) in [5.74, 6) is 0. The molecule has 2 aromatic rings. The van der Waals surface area contributed by atoms with Gasteiger partial charge in [-0.2, -0.15) is 5.26 Å². The van der Waals surface area contributed by atoms with E-state index in [2.05, 4.69) is 16.0 Å². The predicted molar refractivity (Wildman–Crippen MR) is 80.5 cm³/mol. The maximum atomic E-state index is 8.80. The number of rotatable bonds is 6. The second kappa shape index (κ2) is 6.73. The molecular formula is C15H18N4O. The van der Waals surface area contributed by atoms with E-state index in [0.29, 0.717) is 19.6 Å². The maximum absolute atomic E-state index is 8.80. The van der Waals surface area contributed by atoms with Crippen molar-refractivity contribution in [1.29, 1.82) is 5.26 Å². The fourth-order valence-electron chi connectivity index (χ4n) is 2.21. The lowest BCUT2D eigenvalue weighted by Gasteiger charge is -2.25. The van der Waals surface area contributed by atoms with Gasteiger partial charge in [-0.25, -0.2) is 0 Å². The van der Waals surface area contributed by atoms with Crippen molar-refractivity contribution in [3.05, 3.63) is 30.6 Å². The third-order valence-corrected chi connectivity index (χ3v) is 3.23. The maximum Gasteiger partial charge on any atom is 0.0640 e. The van der Waals surface area contributed by atoms with Gasteiger partial charge in [0.1, 0.15) is 0 Å². The van der Waals surface area contributed by atoms with Crippen molar-refractivity contribution < 1.29 is 4.74 Å². The molecular weight excluding hydrogens is 252 g/mol. The van der Waals surface area contributed by atoms with Gasteiger partial charge >= 0.3 is 0 Å². The summed E-state index contributed by atoms with van der Waals surface area (Å²) in [6.07, 6.45) is 4.01.